The van der Waals surface area contributed by atoms with Crippen LogP contribution in [0.4, 0.5) is 0 Å². The standard InChI is InChI=1S/C16H22N2O2S/c1-11-7-12(2)14(4)18(10-11)21(19,20)16-6-5-15(9-17)8-13(16)3/h5-6,8,11-12,14H,7,10H2,1-4H3. The van der Waals surface area contributed by atoms with E-state index in [0.29, 0.717) is 34.4 Å². The normalized spacial score (nSPS) is 27.3. The minimum Gasteiger partial charge on any atom is -0.207 e. The molecule has 1 aliphatic heterocycles. The first-order valence-corrected chi connectivity index (χ1v) is 8.74. The van der Waals surface area contributed by atoms with Gasteiger partial charge in [0, 0.05) is 12.6 Å². The Morgan fingerprint density at radius 3 is 2.52 bits per heavy atom. The van der Waals surface area contributed by atoms with E-state index in [1.54, 1.807) is 29.4 Å². The molecule has 0 amide bonds. The van der Waals surface area contributed by atoms with Crippen LogP contribution in [0.3, 0.4) is 0 Å². The molecular formula is C16H22N2O2S. The lowest BCUT2D eigenvalue weighted by molar-refractivity contribution is 0.157. The SMILES string of the molecule is Cc1cc(C#N)ccc1S(=O)(=O)N1CC(C)CC(C)C1C. The molecule has 0 saturated carbocycles. The van der Waals surface area contributed by atoms with E-state index in [-0.39, 0.29) is 6.04 Å². The third kappa shape index (κ3) is 2.97. The van der Waals surface area contributed by atoms with Gasteiger partial charge in [0.25, 0.3) is 0 Å². The molecule has 1 fully saturated rings. The molecule has 5 heteroatoms. The molecule has 2 rings (SSSR count). The molecule has 0 N–H and O–H groups in total. The van der Waals surface area contributed by atoms with Crippen molar-refractivity contribution >= 4 is 10.0 Å². The second-order valence-corrected chi connectivity index (χ2v) is 8.08. The van der Waals surface area contributed by atoms with E-state index in [0.717, 1.165) is 6.42 Å². The Labute approximate surface area is 127 Å². The Balaban J connectivity index is 2.44. The van der Waals surface area contributed by atoms with Crippen molar-refractivity contribution in [1.29, 1.82) is 5.26 Å². The summed E-state index contributed by atoms with van der Waals surface area (Å²) in [4.78, 5) is 0.314. The smallest absolute Gasteiger partial charge is 0.207 e. The van der Waals surface area contributed by atoms with Gasteiger partial charge in [0.2, 0.25) is 10.0 Å². The summed E-state index contributed by atoms with van der Waals surface area (Å²) in [5, 5.41) is 8.91. The molecule has 1 aromatic carbocycles. The summed E-state index contributed by atoms with van der Waals surface area (Å²) in [6.45, 7) is 8.49. The molecule has 1 heterocycles. The summed E-state index contributed by atoms with van der Waals surface area (Å²) in [5.41, 5.74) is 1.12. The van der Waals surface area contributed by atoms with Crippen LogP contribution in [0.5, 0.6) is 0 Å². The van der Waals surface area contributed by atoms with Crippen LogP contribution in [0.25, 0.3) is 0 Å². The monoisotopic (exact) mass is 306 g/mol. The Kier molecular flexibility index (Phi) is 4.40. The molecule has 0 spiro atoms. The van der Waals surface area contributed by atoms with Gasteiger partial charge in [-0.1, -0.05) is 13.8 Å². The molecule has 1 saturated heterocycles. The van der Waals surface area contributed by atoms with E-state index in [2.05, 4.69) is 13.8 Å². The first-order chi connectivity index (χ1) is 9.77. The molecule has 0 aromatic heterocycles. The Morgan fingerprint density at radius 2 is 1.95 bits per heavy atom. The number of hydrogen-bond donors (Lipinski definition) is 0. The number of aryl methyl sites for hydroxylation is 1. The predicted octanol–water partition coefficient (Wildman–Crippen LogP) is 2.92. The zero-order valence-electron chi connectivity index (χ0n) is 13.0. The zero-order valence-corrected chi connectivity index (χ0v) is 13.8. The maximum atomic E-state index is 13.0. The largest absolute Gasteiger partial charge is 0.243 e. The van der Waals surface area contributed by atoms with Crippen molar-refractivity contribution in [3.63, 3.8) is 0 Å². The highest BCUT2D eigenvalue weighted by atomic mass is 32.2. The lowest BCUT2D eigenvalue weighted by atomic mass is 9.88. The molecule has 0 radical (unpaired) electrons. The van der Waals surface area contributed by atoms with Gasteiger partial charge in [0.1, 0.15) is 0 Å². The van der Waals surface area contributed by atoms with Gasteiger partial charge < -0.3 is 0 Å². The fraction of sp³-hybridized carbons (Fsp3) is 0.562. The van der Waals surface area contributed by atoms with Gasteiger partial charge in [-0.25, -0.2) is 8.42 Å². The van der Waals surface area contributed by atoms with Gasteiger partial charge in [-0.2, -0.15) is 9.57 Å². The summed E-state index contributed by atoms with van der Waals surface area (Å²) in [5.74, 6) is 0.715. The number of nitriles is 1. The van der Waals surface area contributed by atoms with Crippen LogP contribution in [0.15, 0.2) is 23.1 Å². The second-order valence-electron chi connectivity index (χ2n) is 6.23. The third-order valence-corrected chi connectivity index (χ3v) is 6.55. The average molecular weight is 306 g/mol. The summed E-state index contributed by atoms with van der Waals surface area (Å²) in [6, 6.07) is 6.80. The molecular weight excluding hydrogens is 284 g/mol. The van der Waals surface area contributed by atoms with E-state index in [9.17, 15) is 8.42 Å². The minimum absolute atomic E-state index is 0.00115. The zero-order chi connectivity index (χ0) is 15.8. The van der Waals surface area contributed by atoms with Gasteiger partial charge in [-0.3, -0.25) is 0 Å². The number of nitrogens with zero attached hydrogens (tertiary/aromatic N) is 2. The maximum Gasteiger partial charge on any atom is 0.243 e. The summed E-state index contributed by atoms with van der Waals surface area (Å²) in [6.07, 6.45) is 1.06. The van der Waals surface area contributed by atoms with Crippen molar-refractivity contribution in [3.8, 4) is 6.07 Å². The average Bonchev–Trinajstić information content (AvgIpc) is 2.42. The van der Waals surface area contributed by atoms with Crippen molar-refractivity contribution in [1.82, 2.24) is 4.31 Å². The van der Waals surface area contributed by atoms with E-state index in [4.69, 9.17) is 5.26 Å². The molecule has 1 aromatic rings. The predicted molar refractivity (Wildman–Crippen MR) is 82.2 cm³/mol. The molecule has 4 nitrogen and oxygen atoms in total. The van der Waals surface area contributed by atoms with Gasteiger partial charge >= 0.3 is 0 Å². The highest BCUT2D eigenvalue weighted by molar-refractivity contribution is 7.89. The quantitative estimate of drug-likeness (QED) is 0.844. The van der Waals surface area contributed by atoms with Crippen molar-refractivity contribution in [3.05, 3.63) is 29.3 Å². The van der Waals surface area contributed by atoms with Crippen molar-refractivity contribution < 1.29 is 8.42 Å². The van der Waals surface area contributed by atoms with Crippen LogP contribution >= 0.6 is 0 Å². The first-order valence-electron chi connectivity index (χ1n) is 7.30. The summed E-state index contributed by atoms with van der Waals surface area (Å²) < 4.78 is 27.5. The third-order valence-electron chi connectivity index (χ3n) is 4.43. The van der Waals surface area contributed by atoms with Gasteiger partial charge in [-0.15, -0.1) is 0 Å². The molecule has 0 aliphatic carbocycles. The van der Waals surface area contributed by atoms with E-state index >= 15 is 0 Å². The highest BCUT2D eigenvalue weighted by Crippen LogP contribution is 2.32. The van der Waals surface area contributed by atoms with E-state index in [1.165, 1.54) is 0 Å². The van der Waals surface area contributed by atoms with Gasteiger partial charge in [0.05, 0.1) is 16.5 Å². The summed E-state index contributed by atoms with van der Waals surface area (Å²) in [7, 11) is -3.51. The fourth-order valence-electron chi connectivity index (χ4n) is 3.12. The summed E-state index contributed by atoms with van der Waals surface area (Å²) >= 11 is 0. The van der Waals surface area contributed by atoms with Crippen LogP contribution in [-0.4, -0.2) is 25.3 Å². The Bertz CT molecular complexity index is 676. The molecule has 0 bridgehead atoms. The number of sulfonamides is 1. The van der Waals surface area contributed by atoms with Crippen LogP contribution in [0, 0.1) is 30.1 Å². The molecule has 114 valence electrons. The second kappa shape index (κ2) is 5.78. The molecule has 21 heavy (non-hydrogen) atoms. The number of benzene rings is 1. The topological polar surface area (TPSA) is 61.2 Å². The van der Waals surface area contributed by atoms with Crippen molar-refractivity contribution in [2.75, 3.05) is 6.54 Å². The Hall–Kier alpha value is -1.38. The van der Waals surface area contributed by atoms with Crippen LogP contribution in [0.2, 0.25) is 0 Å². The van der Waals surface area contributed by atoms with Crippen LogP contribution in [-0.2, 0) is 10.0 Å². The van der Waals surface area contributed by atoms with E-state index < -0.39 is 10.0 Å². The van der Waals surface area contributed by atoms with Crippen molar-refractivity contribution in [2.24, 2.45) is 11.8 Å². The fourth-order valence-corrected chi connectivity index (χ4v) is 5.17. The minimum atomic E-state index is -3.51. The van der Waals surface area contributed by atoms with E-state index in [1.807, 2.05) is 13.0 Å². The molecule has 3 atom stereocenters. The number of hydrogen-bond acceptors (Lipinski definition) is 3. The lowest BCUT2D eigenvalue weighted by Crippen LogP contribution is -2.48. The van der Waals surface area contributed by atoms with Crippen molar-refractivity contribution in [2.45, 2.75) is 45.1 Å². The Morgan fingerprint density at radius 1 is 1.29 bits per heavy atom. The maximum absolute atomic E-state index is 13.0. The van der Waals surface area contributed by atoms with Gasteiger partial charge in [0.15, 0.2) is 0 Å². The lowest BCUT2D eigenvalue weighted by Gasteiger charge is -2.40. The highest BCUT2D eigenvalue weighted by Gasteiger charge is 2.37. The first kappa shape index (κ1) is 16.0. The molecule has 3 unspecified atom stereocenters. The number of piperidine rings is 1. The molecule has 1 aliphatic rings. The van der Waals surface area contributed by atoms with Crippen LogP contribution in [0.1, 0.15) is 38.3 Å². The van der Waals surface area contributed by atoms with Crippen LogP contribution < -0.4 is 0 Å². The number of rotatable bonds is 2. The van der Waals surface area contributed by atoms with Gasteiger partial charge in [-0.05, 0) is 55.9 Å².